The molecule has 0 saturated carbocycles. The van der Waals surface area contributed by atoms with Crippen LogP contribution in [0.25, 0.3) is 0 Å². The zero-order chi connectivity index (χ0) is 17.9. The minimum atomic E-state index is -4.52. The zero-order valence-corrected chi connectivity index (χ0v) is 11.7. The van der Waals surface area contributed by atoms with Gasteiger partial charge >= 0.3 is 6.18 Å². The zero-order valence-electron chi connectivity index (χ0n) is 11.7. The van der Waals surface area contributed by atoms with E-state index in [1.807, 2.05) is 0 Å². The average Bonchev–Trinajstić information content (AvgIpc) is 2.52. The highest BCUT2D eigenvalue weighted by molar-refractivity contribution is 5.45. The summed E-state index contributed by atoms with van der Waals surface area (Å²) in [6.07, 6.45) is -3.90. The van der Waals surface area contributed by atoms with E-state index < -0.39 is 41.0 Å². The van der Waals surface area contributed by atoms with E-state index in [1.54, 1.807) is 0 Å². The van der Waals surface area contributed by atoms with Gasteiger partial charge in [0.1, 0.15) is 11.5 Å². The van der Waals surface area contributed by atoms with Gasteiger partial charge in [-0.05, 0) is 12.1 Å². The third kappa shape index (κ3) is 4.03. The lowest BCUT2D eigenvalue weighted by Gasteiger charge is -2.11. The minimum Gasteiger partial charge on any atom is -0.378 e. The molecule has 0 unspecified atom stereocenters. The molecular formula is C13H9F7N4. The molecule has 4 nitrogen and oxygen atoms in total. The Labute approximate surface area is 130 Å². The monoisotopic (exact) mass is 354 g/mol. The van der Waals surface area contributed by atoms with Crippen LogP contribution in [-0.4, -0.2) is 23.1 Å². The molecule has 2 heterocycles. The number of halogens is 7. The largest absolute Gasteiger partial charge is 0.417 e. The summed E-state index contributed by atoms with van der Waals surface area (Å²) in [5.41, 5.74) is -1.96. The second-order valence-corrected chi connectivity index (χ2v) is 4.48. The molecule has 24 heavy (non-hydrogen) atoms. The topological polar surface area (TPSA) is 49.8 Å². The number of nitrogens with zero attached hydrogens (tertiary/aromatic N) is 2. The van der Waals surface area contributed by atoms with Crippen LogP contribution in [0.2, 0.25) is 0 Å². The predicted octanol–water partition coefficient (Wildman–Crippen LogP) is 3.58. The number of hydrogen-bond acceptors (Lipinski definition) is 4. The average molecular weight is 354 g/mol. The molecule has 130 valence electrons. The molecule has 2 aromatic rings. The number of anilines is 2. The normalized spacial score (nSPS) is 11.5. The Hall–Kier alpha value is -2.59. The summed E-state index contributed by atoms with van der Waals surface area (Å²) >= 11 is 0. The number of pyridine rings is 2. The highest BCUT2D eigenvalue weighted by Gasteiger charge is 2.30. The van der Waals surface area contributed by atoms with Crippen LogP contribution >= 0.6 is 0 Å². The molecule has 0 radical (unpaired) electrons. The van der Waals surface area contributed by atoms with E-state index in [1.165, 1.54) is 0 Å². The molecule has 0 spiro atoms. The van der Waals surface area contributed by atoms with Gasteiger partial charge in [0.15, 0.2) is 0 Å². The van der Waals surface area contributed by atoms with Gasteiger partial charge in [-0.15, -0.1) is 0 Å². The fourth-order valence-electron chi connectivity index (χ4n) is 1.69. The van der Waals surface area contributed by atoms with Crippen molar-refractivity contribution in [2.75, 3.05) is 23.7 Å². The number of aromatic nitrogens is 2. The quantitative estimate of drug-likeness (QED) is 0.490. The van der Waals surface area contributed by atoms with E-state index >= 15 is 0 Å². The van der Waals surface area contributed by atoms with Gasteiger partial charge in [0, 0.05) is 19.3 Å². The Morgan fingerprint density at radius 1 is 0.875 bits per heavy atom. The Bertz CT molecular complexity index is 689. The molecule has 0 aliphatic carbocycles. The van der Waals surface area contributed by atoms with Crippen LogP contribution in [0, 0.1) is 23.5 Å². The molecule has 0 aromatic carbocycles. The Balaban J connectivity index is 1.92. The van der Waals surface area contributed by atoms with Crippen molar-refractivity contribution in [2.45, 2.75) is 6.18 Å². The van der Waals surface area contributed by atoms with Crippen molar-refractivity contribution >= 4 is 11.5 Å². The van der Waals surface area contributed by atoms with E-state index in [9.17, 15) is 30.7 Å². The first-order valence-electron chi connectivity index (χ1n) is 6.41. The van der Waals surface area contributed by atoms with Crippen LogP contribution in [0.4, 0.5) is 42.2 Å². The molecule has 0 fully saturated rings. The number of hydrogen-bond donors (Lipinski definition) is 2. The molecule has 11 heteroatoms. The first-order chi connectivity index (χ1) is 11.2. The molecule has 0 bridgehead atoms. The molecule has 0 amide bonds. The lowest BCUT2D eigenvalue weighted by Crippen LogP contribution is -2.17. The van der Waals surface area contributed by atoms with E-state index in [2.05, 4.69) is 20.6 Å². The van der Waals surface area contributed by atoms with Crippen molar-refractivity contribution in [1.82, 2.24) is 9.97 Å². The standard InChI is InChI=1S/C13H9F7N4/c14-8-10(9(15)12(17)24-11(8)16)22-4-3-21-7-2-1-6(5-23-7)13(18,19)20/h1-2,5H,3-4H2,(H,21,23)(H,22,24). The Morgan fingerprint density at radius 2 is 1.46 bits per heavy atom. The Morgan fingerprint density at radius 3 is 1.96 bits per heavy atom. The van der Waals surface area contributed by atoms with Crippen molar-refractivity contribution in [1.29, 1.82) is 0 Å². The smallest absolute Gasteiger partial charge is 0.378 e. The molecule has 0 atom stereocenters. The van der Waals surface area contributed by atoms with Crippen LogP contribution < -0.4 is 10.6 Å². The summed E-state index contributed by atoms with van der Waals surface area (Å²) < 4.78 is 89.4. The molecule has 2 rings (SSSR count). The van der Waals surface area contributed by atoms with Crippen LogP contribution in [0.5, 0.6) is 0 Å². The summed E-state index contributed by atoms with van der Waals surface area (Å²) in [6.45, 7) is -0.234. The molecule has 2 aromatic heterocycles. The van der Waals surface area contributed by atoms with Crippen LogP contribution in [0.1, 0.15) is 5.56 Å². The maximum atomic E-state index is 13.3. The highest BCUT2D eigenvalue weighted by Crippen LogP contribution is 2.28. The van der Waals surface area contributed by atoms with Gasteiger partial charge < -0.3 is 10.6 Å². The fourth-order valence-corrected chi connectivity index (χ4v) is 1.69. The molecule has 0 aliphatic heterocycles. The first-order valence-corrected chi connectivity index (χ1v) is 6.41. The van der Waals surface area contributed by atoms with Crippen LogP contribution in [0.3, 0.4) is 0 Å². The Kier molecular flexibility index (Phi) is 5.10. The maximum absolute atomic E-state index is 13.3. The van der Waals surface area contributed by atoms with E-state index in [4.69, 9.17) is 0 Å². The van der Waals surface area contributed by atoms with Crippen molar-refractivity contribution in [3.63, 3.8) is 0 Å². The van der Waals surface area contributed by atoms with Gasteiger partial charge in [0.25, 0.3) is 11.9 Å². The van der Waals surface area contributed by atoms with E-state index in [0.29, 0.717) is 6.20 Å². The van der Waals surface area contributed by atoms with E-state index in [0.717, 1.165) is 12.1 Å². The van der Waals surface area contributed by atoms with Gasteiger partial charge in [0.05, 0.1) is 5.56 Å². The predicted molar refractivity (Wildman–Crippen MR) is 70.3 cm³/mol. The van der Waals surface area contributed by atoms with Crippen LogP contribution in [-0.2, 0) is 6.18 Å². The van der Waals surface area contributed by atoms with Gasteiger partial charge in [-0.1, -0.05) is 0 Å². The summed E-state index contributed by atoms with van der Waals surface area (Å²) in [5, 5.41) is 4.70. The van der Waals surface area contributed by atoms with Gasteiger partial charge in [-0.3, -0.25) is 0 Å². The summed E-state index contributed by atoms with van der Waals surface area (Å²) in [6, 6.07) is 1.87. The van der Waals surface area contributed by atoms with Gasteiger partial charge in [-0.2, -0.15) is 35.7 Å². The SMILES string of the molecule is Fc1nc(F)c(F)c(NCCNc2ccc(C(F)(F)F)cn2)c1F. The molecular weight excluding hydrogens is 345 g/mol. The van der Waals surface area contributed by atoms with Crippen molar-refractivity contribution in [2.24, 2.45) is 0 Å². The second-order valence-electron chi connectivity index (χ2n) is 4.48. The van der Waals surface area contributed by atoms with Gasteiger partial charge in [0.2, 0.25) is 11.6 Å². The summed E-state index contributed by atoms with van der Waals surface area (Å²) in [7, 11) is 0. The number of rotatable bonds is 5. The fraction of sp³-hybridized carbons (Fsp3) is 0.231. The first kappa shape index (κ1) is 17.8. The number of alkyl halides is 3. The minimum absolute atomic E-state index is 0.0389. The lowest BCUT2D eigenvalue weighted by molar-refractivity contribution is -0.137. The summed E-state index contributed by atoms with van der Waals surface area (Å²) in [4.78, 5) is 5.91. The van der Waals surface area contributed by atoms with Crippen molar-refractivity contribution < 1.29 is 30.7 Å². The van der Waals surface area contributed by atoms with E-state index in [-0.39, 0.29) is 18.9 Å². The third-order valence-corrected chi connectivity index (χ3v) is 2.82. The van der Waals surface area contributed by atoms with Crippen molar-refractivity contribution in [3.05, 3.63) is 47.4 Å². The maximum Gasteiger partial charge on any atom is 0.417 e. The number of nitrogens with one attached hydrogen (secondary N) is 2. The summed E-state index contributed by atoms with van der Waals surface area (Å²) in [5.74, 6) is -6.87. The third-order valence-electron chi connectivity index (χ3n) is 2.82. The highest BCUT2D eigenvalue weighted by atomic mass is 19.4. The van der Waals surface area contributed by atoms with Crippen LogP contribution in [0.15, 0.2) is 18.3 Å². The second kappa shape index (κ2) is 6.89. The molecule has 0 saturated heterocycles. The molecule has 0 aliphatic rings. The lowest BCUT2D eigenvalue weighted by atomic mass is 10.3. The molecule has 2 N–H and O–H groups in total. The van der Waals surface area contributed by atoms with Crippen molar-refractivity contribution in [3.8, 4) is 0 Å². The van der Waals surface area contributed by atoms with Gasteiger partial charge in [-0.25, -0.2) is 4.98 Å².